The Labute approximate surface area is 115 Å². The van der Waals surface area contributed by atoms with Gasteiger partial charge in [-0.15, -0.1) is 0 Å². The lowest BCUT2D eigenvalue weighted by Gasteiger charge is -2.19. The number of rotatable bonds is 3. The van der Waals surface area contributed by atoms with E-state index in [0.717, 1.165) is 12.8 Å². The van der Waals surface area contributed by atoms with E-state index >= 15 is 0 Å². The zero-order chi connectivity index (χ0) is 13.9. The Hall–Kier alpha value is -1.83. The minimum Gasteiger partial charge on any atom is -0.384 e. The van der Waals surface area contributed by atoms with Crippen LogP contribution in [0.3, 0.4) is 0 Å². The number of nitrogens with two attached hydrogens (primary N) is 1. The molecule has 0 spiro atoms. The zero-order valence-electron chi connectivity index (χ0n) is 12.0. The molecule has 0 atom stereocenters. The molecule has 0 saturated heterocycles. The Kier molecular flexibility index (Phi) is 3.89. The smallest absolute Gasteiger partial charge is 0.123 e. The molecular formula is C17H22N2. The highest BCUT2D eigenvalue weighted by Gasteiger charge is 2.12. The quantitative estimate of drug-likeness (QED) is 0.906. The molecule has 2 N–H and O–H groups in total. The van der Waals surface area contributed by atoms with Gasteiger partial charge in [-0.2, -0.15) is 0 Å². The molecule has 2 heteroatoms. The van der Waals surface area contributed by atoms with Crippen molar-refractivity contribution < 1.29 is 0 Å². The average Bonchev–Trinajstić information content (AvgIpc) is 2.36. The Bertz CT molecular complexity index is 536. The molecule has 0 fully saturated rings. The van der Waals surface area contributed by atoms with E-state index in [9.17, 15) is 0 Å². The lowest BCUT2D eigenvalue weighted by molar-refractivity contribution is 0.590. The topological polar surface area (TPSA) is 38.9 Å². The summed E-state index contributed by atoms with van der Waals surface area (Å²) in [5.41, 5.74) is 9.89. The Balaban J connectivity index is 2.01. The van der Waals surface area contributed by atoms with Crippen LogP contribution < -0.4 is 5.73 Å². The van der Waals surface area contributed by atoms with Gasteiger partial charge in [0.1, 0.15) is 5.82 Å². The summed E-state index contributed by atoms with van der Waals surface area (Å²) in [5.74, 6) is 0.598. The molecule has 2 nitrogen and oxygen atoms in total. The maximum Gasteiger partial charge on any atom is 0.123 e. The molecule has 0 unspecified atom stereocenters. The van der Waals surface area contributed by atoms with E-state index in [1.807, 2.05) is 12.1 Å². The van der Waals surface area contributed by atoms with Gasteiger partial charge in [-0.05, 0) is 47.1 Å². The van der Waals surface area contributed by atoms with Crippen LogP contribution in [0, 0.1) is 0 Å². The number of benzene rings is 1. The molecule has 0 aliphatic rings. The van der Waals surface area contributed by atoms with Crippen LogP contribution in [0.2, 0.25) is 0 Å². The fourth-order valence-corrected chi connectivity index (χ4v) is 2.11. The van der Waals surface area contributed by atoms with Gasteiger partial charge in [-0.3, -0.25) is 0 Å². The van der Waals surface area contributed by atoms with Gasteiger partial charge >= 0.3 is 0 Å². The molecule has 1 aromatic heterocycles. The highest BCUT2D eigenvalue weighted by atomic mass is 14.8. The first-order valence-electron chi connectivity index (χ1n) is 6.75. The fourth-order valence-electron chi connectivity index (χ4n) is 2.11. The van der Waals surface area contributed by atoms with Crippen molar-refractivity contribution in [3.8, 4) is 0 Å². The fraction of sp³-hybridized carbons (Fsp3) is 0.353. The van der Waals surface area contributed by atoms with Crippen LogP contribution in [0.15, 0.2) is 42.6 Å². The Morgan fingerprint density at radius 1 is 0.947 bits per heavy atom. The first-order valence-corrected chi connectivity index (χ1v) is 6.75. The van der Waals surface area contributed by atoms with Crippen molar-refractivity contribution in [2.75, 3.05) is 5.73 Å². The van der Waals surface area contributed by atoms with Crippen molar-refractivity contribution >= 4 is 5.82 Å². The van der Waals surface area contributed by atoms with Gasteiger partial charge in [-0.1, -0.05) is 45.0 Å². The Morgan fingerprint density at radius 3 is 2.16 bits per heavy atom. The predicted molar refractivity (Wildman–Crippen MR) is 81.2 cm³/mol. The maximum atomic E-state index is 5.68. The maximum absolute atomic E-state index is 5.68. The van der Waals surface area contributed by atoms with Gasteiger partial charge in [0, 0.05) is 6.20 Å². The van der Waals surface area contributed by atoms with Crippen LogP contribution in [0.1, 0.15) is 37.5 Å². The van der Waals surface area contributed by atoms with Gasteiger partial charge in [0.05, 0.1) is 0 Å². The summed E-state index contributed by atoms with van der Waals surface area (Å²) in [7, 11) is 0. The molecule has 19 heavy (non-hydrogen) atoms. The van der Waals surface area contributed by atoms with Crippen molar-refractivity contribution in [1.82, 2.24) is 4.98 Å². The number of pyridine rings is 1. The number of hydrogen-bond donors (Lipinski definition) is 1. The minimum absolute atomic E-state index is 0.220. The van der Waals surface area contributed by atoms with E-state index in [4.69, 9.17) is 5.73 Å². The second-order valence-electron chi connectivity index (χ2n) is 6.04. The predicted octanol–water partition coefficient (Wildman–Crippen LogP) is 3.75. The molecule has 1 aromatic carbocycles. The summed E-state index contributed by atoms with van der Waals surface area (Å²) < 4.78 is 0. The largest absolute Gasteiger partial charge is 0.384 e. The molecule has 1 heterocycles. The van der Waals surface area contributed by atoms with Crippen molar-refractivity contribution in [3.63, 3.8) is 0 Å². The molecule has 100 valence electrons. The van der Waals surface area contributed by atoms with Crippen LogP contribution >= 0.6 is 0 Å². The first-order chi connectivity index (χ1) is 8.95. The van der Waals surface area contributed by atoms with Crippen LogP contribution in [0.4, 0.5) is 5.82 Å². The number of nitrogens with zero attached hydrogens (tertiary/aromatic N) is 1. The SMILES string of the molecule is CC(C)(C)c1ccc(CCc2ccnc(N)c2)cc1. The molecule has 0 saturated carbocycles. The lowest BCUT2D eigenvalue weighted by Crippen LogP contribution is -2.10. The monoisotopic (exact) mass is 254 g/mol. The average molecular weight is 254 g/mol. The third-order valence-electron chi connectivity index (χ3n) is 3.37. The van der Waals surface area contributed by atoms with Gasteiger partial charge in [0.25, 0.3) is 0 Å². The van der Waals surface area contributed by atoms with E-state index < -0.39 is 0 Å². The number of hydrogen-bond acceptors (Lipinski definition) is 2. The molecule has 2 aromatic rings. The van der Waals surface area contributed by atoms with E-state index in [0.29, 0.717) is 5.82 Å². The minimum atomic E-state index is 0.220. The summed E-state index contributed by atoms with van der Waals surface area (Å²) in [6.45, 7) is 6.71. The van der Waals surface area contributed by atoms with Crippen LogP contribution in [0.25, 0.3) is 0 Å². The van der Waals surface area contributed by atoms with Crippen molar-refractivity contribution in [2.45, 2.75) is 39.0 Å². The summed E-state index contributed by atoms with van der Waals surface area (Å²) in [6, 6.07) is 12.9. The van der Waals surface area contributed by atoms with E-state index in [1.54, 1.807) is 6.20 Å². The second-order valence-corrected chi connectivity index (χ2v) is 6.04. The highest BCUT2D eigenvalue weighted by Crippen LogP contribution is 2.22. The highest BCUT2D eigenvalue weighted by molar-refractivity contribution is 5.33. The van der Waals surface area contributed by atoms with Crippen LogP contribution in [-0.2, 0) is 18.3 Å². The third-order valence-corrected chi connectivity index (χ3v) is 3.37. The molecule has 2 rings (SSSR count). The molecule has 0 radical (unpaired) electrons. The molecule has 0 amide bonds. The van der Waals surface area contributed by atoms with Gasteiger partial charge in [-0.25, -0.2) is 4.98 Å². The zero-order valence-corrected chi connectivity index (χ0v) is 12.0. The molecule has 0 aliphatic carbocycles. The van der Waals surface area contributed by atoms with Gasteiger partial charge in [0.2, 0.25) is 0 Å². The van der Waals surface area contributed by atoms with Crippen molar-refractivity contribution in [1.29, 1.82) is 0 Å². The standard InChI is InChI=1S/C17H22N2/c1-17(2,3)15-8-6-13(7-9-15)4-5-14-10-11-19-16(18)12-14/h6-12H,4-5H2,1-3H3,(H2,18,19). The van der Waals surface area contributed by atoms with Gasteiger partial charge in [0.15, 0.2) is 0 Å². The summed E-state index contributed by atoms with van der Waals surface area (Å²) in [5, 5.41) is 0. The number of anilines is 1. The summed E-state index contributed by atoms with van der Waals surface area (Å²) in [6.07, 6.45) is 3.81. The van der Waals surface area contributed by atoms with E-state index in [1.165, 1.54) is 16.7 Å². The van der Waals surface area contributed by atoms with Gasteiger partial charge < -0.3 is 5.73 Å². The second kappa shape index (κ2) is 5.43. The lowest BCUT2D eigenvalue weighted by atomic mass is 9.86. The van der Waals surface area contributed by atoms with Crippen molar-refractivity contribution in [2.24, 2.45) is 0 Å². The first kappa shape index (κ1) is 13.6. The third kappa shape index (κ3) is 3.82. The number of nitrogen functional groups attached to an aromatic ring is 1. The number of aryl methyl sites for hydroxylation is 2. The van der Waals surface area contributed by atoms with Crippen molar-refractivity contribution in [3.05, 3.63) is 59.3 Å². The van der Waals surface area contributed by atoms with Crippen LogP contribution in [0.5, 0.6) is 0 Å². The summed E-state index contributed by atoms with van der Waals surface area (Å²) in [4.78, 5) is 4.01. The summed E-state index contributed by atoms with van der Waals surface area (Å²) >= 11 is 0. The van der Waals surface area contributed by atoms with E-state index in [2.05, 4.69) is 50.0 Å². The normalized spacial score (nSPS) is 11.5. The Morgan fingerprint density at radius 2 is 1.58 bits per heavy atom. The number of aromatic nitrogens is 1. The molecule has 0 aliphatic heterocycles. The van der Waals surface area contributed by atoms with Crippen LogP contribution in [-0.4, -0.2) is 4.98 Å². The molecule has 0 bridgehead atoms. The van der Waals surface area contributed by atoms with E-state index in [-0.39, 0.29) is 5.41 Å². The molecular weight excluding hydrogens is 232 g/mol.